The zero-order valence-corrected chi connectivity index (χ0v) is 12.8. The fourth-order valence-corrected chi connectivity index (χ4v) is 1.78. The van der Waals surface area contributed by atoms with Crippen LogP contribution in [0.25, 0.3) is 0 Å². The van der Waals surface area contributed by atoms with Gasteiger partial charge in [-0.05, 0) is 25.1 Å². The molecule has 0 bridgehead atoms. The van der Waals surface area contributed by atoms with Gasteiger partial charge in [0.1, 0.15) is 12.5 Å². The first-order chi connectivity index (χ1) is 11.4. The molecule has 0 radical (unpaired) electrons. The van der Waals surface area contributed by atoms with E-state index in [0.717, 1.165) is 0 Å². The number of halogens is 3. The average molecular weight is 343 g/mol. The van der Waals surface area contributed by atoms with Crippen molar-refractivity contribution in [3.05, 3.63) is 42.2 Å². The summed E-state index contributed by atoms with van der Waals surface area (Å²) in [7, 11) is 0. The van der Waals surface area contributed by atoms with Gasteiger partial charge in [-0.15, -0.1) is 0 Å². The van der Waals surface area contributed by atoms with Gasteiger partial charge < -0.3 is 14.8 Å². The third-order valence-electron chi connectivity index (χ3n) is 2.82. The van der Waals surface area contributed by atoms with Crippen molar-refractivity contribution < 1.29 is 27.4 Å². The molecule has 0 saturated carbocycles. The summed E-state index contributed by atoms with van der Waals surface area (Å²) in [5.74, 6) is -0.518. The van der Waals surface area contributed by atoms with Gasteiger partial charge in [-0.2, -0.15) is 18.3 Å². The van der Waals surface area contributed by atoms with Crippen LogP contribution in [-0.4, -0.2) is 35.1 Å². The highest BCUT2D eigenvalue weighted by molar-refractivity contribution is 6.04. The fourth-order valence-electron chi connectivity index (χ4n) is 1.78. The first kappa shape index (κ1) is 17.8. The molecule has 24 heavy (non-hydrogen) atoms. The molecule has 2 rings (SSSR count). The van der Waals surface area contributed by atoms with Gasteiger partial charge in [0.25, 0.3) is 5.91 Å². The zero-order valence-electron chi connectivity index (χ0n) is 12.8. The number of aromatic nitrogens is 2. The van der Waals surface area contributed by atoms with E-state index < -0.39 is 18.7 Å². The molecule has 0 unspecified atom stereocenters. The van der Waals surface area contributed by atoms with Crippen LogP contribution in [0.4, 0.5) is 18.9 Å². The molecule has 1 N–H and O–H groups in total. The monoisotopic (exact) mass is 343 g/mol. The molecule has 0 aliphatic heterocycles. The van der Waals surface area contributed by atoms with E-state index in [2.05, 4.69) is 15.2 Å². The first-order valence-corrected chi connectivity index (χ1v) is 7.08. The number of ether oxygens (including phenoxy) is 2. The molecule has 0 atom stereocenters. The van der Waals surface area contributed by atoms with Gasteiger partial charge in [-0.25, -0.2) is 4.68 Å². The minimum Gasteiger partial charge on any atom is -0.484 e. The number of carbonyl (C=O) groups is 1. The molecule has 1 heterocycles. The molecular weight excluding hydrogens is 327 g/mol. The molecule has 0 saturated heterocycles. The van der Waals surface area contributed by atoms with Crippen molar-refractivity contribution >= 4 is 11.6 Å². The Morgan fingerprint density at radius 3 is 2.88 bits per heavy atom. The number of carbonyl (C=O) groups excluding carboxylic acids is 1. The molecule has 0 aliphatic carbocycles. The summed E-state index contributed by atoms with van der Waals surface area (Å²) in [6.07, 6.45) is -1.41. The van der Waals surface area contributed by atoms with Crippen LogP contribution >= 0.6 is 0 Å². The number of benzene rings is 1. The maximum Gasteiger partial charge on any atom is 0.422 e. The van der Waals surface area contributed by atoms with Crippen molar-refractivity contribution in [2.75, 3.05) is 18.5 Å². The van der Waals surface area contributed by atoms with E-state index in [0.29, 0.717) is 12.3 Å². The highest BCUT2D eigenvalue weighted by Gasteiger charge is 2.28. The molecule has 1 amide bonds. The Balaban J connectivity index is 1.98. The number of rotatable bonds is 7. The summed E-state index contributed by atoms with van der Waals surface area (Å²) in [5, 5.41) is 6.60. The summed E-state index contributed by atoms with van der Waals surface area (Å²) >= 11 is 0. The van der Waals surface area contributed by atoms with Gasteiger partial charge >= 0.3 is 6.18 Å². The first-order valence-electron chi connectivity index (χ1n) is 7.08. The van der Waals surface area contributed by atoms with Gasteiger partial charge in [0.05, 0.1) is 18.1 Å². The second kappa shape index (κ2) is 7.82. The number of nitrogens with one attached hydrogen (secondary N) is 1. The number of anilines is 1. The number of hydrogen-bond acceptors (Lipinski definition) is 4. The van der Waals surface area contributed by atoms with Crippen LogP contribution < -0.4 is 10.1 Å². The van der Waals surface area contributed by atoms with Crippen LogP contribution in [0.3, 0.4) is 0 Å². The lowest BCUT2D eigenvalue weighted by molar-refractivity contribution is -0.153. The summed E-state index contributed by atoms with van der Waals surface area (Å²) in [6.45, 7) is 1.22. The van der Waals surface area contributed by atoms with Crippen molar-refractivity contribution in [1.82, 2.24) is 9.78 Å². The van der Waals surface area contributed by atoms with E-state index in [1.807, 2.05) is 6.92 Å². The second-order valence-electron chi connectivity index (χ2n) is 4.78. The van der Waals surface area contributed by atoms with Crippen LogP contribution in [0.2, 0.25) is 0 Å². The van der Waals surface area contributed by atoms with Crippen molar-refractivity contribution in [2.45, 2.75) is 19.8 Å². The van der Waals surface area contributed by atoms with E-state index in [1.54, 1.807) is 6.20 Å². The number of hydrogen-bond donors (Lipinski definition) is 1. The Morgan fingerprint density at radius 1 is 1.38 bits per heavy atom. The van der Waals surface area contributed by atoms with Crippen molar-refractivity contribution in [3.63, 3.8) is 0 Å². The minimum absolute atomic E-state index is 0.0352. The molecule has 0 aliphatic rings. The average Bonchev–Trinajstić information content (AvgIpc) is 2.98. The van der Waals surface area contributed by atoms with Crippen LogP contribution in [0, 0.1) is 0 Å². The lowest BCUT2D eigenvalue weighted by atomic mass is 10.2. The van der Waals surface area contributed by atoms with E-state index in [-0.39, 0.29) is 18.0 Å². The minimum atomic E-state index is -4.44. The number of alkyl halides is 3. The predicted molar refractivity (Wildman–Crippen MR) is 79.8 cm³/mol. The maximum absolute atomic E-state index is 12.2. The lowest BCUT2D eigenvalue weighted by Crippen LogP contribution is -2.19. The third-order valence-corrected chi connectivity index (χ3v) is 2.82. The Kier molecular flexibility index (Phi) is 5.80. The van der Waals surface area contributed by atoms with Crippen LogP contribution in [0.1, 0.15) is 17.3 Å². The molecule has 9 heteroatoms. The highest BCUT2D eigenvalue weighted by atomic mass is 19.4. The molecule has 0 spiro atoms. The quantitative estimate of drug-likeness (QED) is 0.839. The van der Waals surface area contributed by atoms with Gasteiger partial charge in [-0.3, -0.25) is 4.79 Å². The summed E-state index contributed by atoms with van der Waals surface area (Å²) < 4.78 is 47.8. The van der Waals surface area contributed by atoms with Crippen LogP contribution in [0.15, 0.2) is 36.7 Å². The molecule has 1 aromatic carbocycles. The summed E-state index contributed by atoms with van der Waals surface area (Å²) in [4.78, 5) is 12.1. The second-order valence-corrected chi connectivity index (χ2v) is 4.78. The van der Waals surface area contributed by atoms with E-state index in [1.165, 1.54) is 35.1 Å². The molecule has 2 aromatic rings. The van der Waals surface area contributed by atoms with E-state index >= 15 is 0 Å². The zero-order chi connectivity index (χ0) is 17.6. The number of nitrogens with zero attached hydrogens (tertiary/aromatic N) is 2. The SMILES string of the molecule is CCOCn1cc(NC(=O)c2cccc(OCC(F)(F)F)c2)cn1. The van der Waals surface area contributed by atoms with Gasteiger partial charge in [0, 0.05) is 12.2 Å². The molecule has 6 nitrogen and oxygen atoms in total. The van der Waals surface area contributed by atoms with E-state index in [4.69, 9.17) is 4.74 Å². The van der Waals surface area contributed by atoms with Gasteiger partial charge in [0.15, 0.2) is 6.61 Å². The lowest BCUT2D eigenvalue weighted by Gasteiger charge is -2.10. The van der Waals surface area contributed by atoms with Crippen molar-refractivity contribution in [1.29, 1.82) is 0 Å². The Hall–Kier alpha value is -2.55. The maximum atomic E-state index is 12.2. The molecule has 0 fully saturated rings. The standard InChI is InChI=1S/C15H16F3N3O3/c1-2-23-10-21-8-12(7-19-21)20-14(22)11-4-3-5-13(6-11)24-9-15(16,17)18/h3-8H,2,9-10H2,1H3,(H,20,22). The fraction of sp³-hybridized carbons (Fsp3) is 0.333. The third kappa shape index (κ3) is 5.58. The molecule has 130 valence electrons. The Labute approximate surface area is 136 Å². The van der Waals surface area contributed by atoms with Gasteiger partial charge in [-0.1, -0.05) is 6.07 Å². The van der Waals surface area contributed by atoms with Crippen molar-refractivity contribution in [2.24, 2.45) is 0 Å². The van der Waals surface area contributed by atoms with Crippen LogP contribution in [0.5, 0.6) is 5.75 Å². The summed E-state index contributed by atoms with van der Waals surface area (Å²) in [5.41, 5.74) is 0.619. The normalized spacial score (nSPS) is 11.3. The smallest absolute Gasteiger partial charge is 0.422 e. The summed E-state index contributed by atoms with van der Waals surface area (Å²) in [6, 6.07) is 5.51. The van der Waals surface area contributed by atoms with Gasteiger partial charge in [0.2, 0.25) is 0 Å². The molecular formula is C15H16F3N3O3. The topological polar surface area (TPSA) is 65.4 Å². The Bertz CT molecular complexity index is 686. The van der Waals surface area contributed by atoms with Crippen LogP contribution in [-0.2, 0) is 11.5 Å². The highest BCUT2D eigenvalue weighted by Crippen LogP contribution is 2.20. The van der Waals surface area contributed by atoms with Crippen molar-refractivity contribution in [3.8, 4) is 5.75 Å². The van der Waals surface area contributed by atoms with E-state index in [9.17, 15) is 18.0 Å². The largest absolute Gasteiger partial charge is 0.484 e. The number of amides is 1. The molecule has 1 aromatic heterocycles. The Morgan fingerprint density at radius 2 is 2.17 bits per heavy atom. The predicted octanol–water partition coefficient (Wildman–Crippen LogP) is 3.07.